The van der Waals surface area contributed by atoms with E-state index in [4.69, 9.17) is 22.1 Å². The Morgan fingerprint density at radius 2 is 2.17 bits per heavy atom. The van der Waals surface area contributed by atoms with E-state index in [2.05, 4.69) is 5.32 Å². The molecule has 0 saturated carbocycles. The summed E-state index contributed by atoms with van der Waals surface area (Å²) in [4.78, 5) is 11.9. The van der Waals surface area contributed by atoms with Crippen molar-refractivity contribution in [3.8, 4) is 0 Å². The Kier molecular flexibility index (Phi) is 3.61. The van der Waals surface area contributed by atoms with E-state index in [0.717, 1.165) is 11.1 Å². The van der Waals surface area contributed by atoms with Crippen molar-refractivity contribution in [1.82, 2.24) is 0 Å². The fourth-order valence-electron chi connectivity index (χ4n) is 2.04. The zero-order valence-electron chi connectivity index (χ0n) is 10.5. The molecule has 0 atom stereocenters. The van der Waals surface area contributed by atoms with Gasteiger partial charge >= 0.3 is 0 Å². The number of halogens is 1. The molecule has 1 fully saturated rings. The zero-order valence-corrected chi connectivity index (χ0v) is 11.3. The van der Waals surface area contributed by atoms with Gasteiger partial charge in [0.25, 0.3) is 0 Å². The van der Waals surface area contributed by atoms with E-state index < -0.39 is 5.54 Å². The number of benzene rings is 1. The molecule has 1 heterocycles. The Labute approximate surface area is 111 Å². The summed E-state index contributed by atoms with van der Waals surface area (Å²) in [7, 11) is 0. The third kappa shape index (κ3) is 2.83. The highest BCUT2D eigenvalue weighted by Crippen LogP contribution is 2.28. The molecule has 0 radical (unpaired) electrons. The molecule has 2 rings (SSSR count). The van der Waals surface area contributed by atoms with Gasteiger partial charge in [0.2, 0.25) is 5.91 Å². The summed E-state index contributed by atoms with van der Waals surface area (Å²) < 4.78 is 5.02. The van der Waals surface area contributed by atoms with Gasteiger partial charge in [-0.2, -0.15) is 0 Å². The topological polar surface area (TPSA) is 64.4 Å². The first-order valence-electron chi connectivity index (χ1n) is 5.83. The number of hydrogen-bond acceptors (Lipinski definition) is 3. The maximum absolute atomic E-state index is 11.9. The lowest BCUT2D eigenvalue weighted by atomic mass is 9.94. The molecular weight excluding hydrogens is 252 g/mol. The maximum Gasteiger partial charge on any atom is 0.226 e. The summed E-state index contributed by atoms with van der Waals surface area (Å²) >= 11 is 6.13. The van der Waals surface area contributed by atoms with Gasteiger partial charge in [-0.15, -0.1) is 0 Å². The number of aryl methyl sites for hydroxylation is 2. The lowest BCUT2D eigenvalue weighted by Crippen LogP contribution is -2.59. The second-order valence-corrected chi connectivity index (χ2v) is 5.43. The number of nitrogens with one attached hydrogen (secondary N) is 1. The minimum Gasteiger partial charge on any atom is -0.377 e. The average molecular weight is 269 g/mol. The summed E-state index contributed by atoms with van der Waals surface area (Å²) in [5.41, 5.74) is 8.10. The van der Waals surface area contributed by atoms with Crippen molar-refractivity contribution in [2.75, 3.05) is 18.5 Å². The molecule has 1 aromatic carbocycles. The minimum atomic E-state index is -0.519. The van der Waals surface area contributed by atoms with Crippen molar-refractivity contribution >= 4 is 23.2 Å². The molecular formula is C13H17ClN2O2. The number of nitrogens with two attached hydrogens (primary N) is 1. The molecule has 1 amide bonds. The van der Waals surface area contributed by atoms with Crippen LogP contribution in [0.3, 0.4) is 0 Å². The maximum atomic E-state index is 11.9. The summed E-state index contributed by atoms with van der Waals surface area (Å²) in [6, 6.07) is 3.81. The van der Waals surface area contributed by atoms with Crippen molar-refractivity contribution in [2.45, 2.75) is 25.8 Å². The first-order chi connectivity index (χ1) is 8.39. The second-order valence-electron chi connectivity index (χ2n) is 5.02. The Hall–Kier alpha value is -1.10. The van der Waals surface area contributed by atoms with Gasteiger partial charge < -0.3 is 15.8 Å². The predicted molar refractivity (Wildman–Crippen MR) is 71.9 cm³/mol. The Bertz CT molecular complexity index is 461. The normalized spacial score (nSPS) is 17.1. The van der Waals surface area contributed by atoms with Gasteiger partial charge in [-0.05, 0) is 31.0 Å². The van der Waals surface area contributed by atoms with Crippen LogP contribution in [0.25, 0.3) is 0 Å². The van der Waals surface area contributed by atoms with E-state index in [-0.39, 0.29) is 12.3 Å². The SMILES string of the molecule is Cc1cc(C)c(NC(=O)CC2(N)COC2)c(Cl)c1. The molecule has 3 N–H and O–H groups in total. The van der Waals surface area contributed by atoms with E-state index >= 15 is 0 Å². The minimum absolute atomic E-state index is 0.130. The van der Waals surface area contributed by atoms with Gasteiger partial charge in [0.1, 0.15) is 0 Å². The van der Waals surface area contributed by atoms with Crippen LogP contribution in [-0.2, 0) is 9.53 Å². The molecule has 0 aromatic heterocycles. The van der Waals surface area contributed by atoms with E-state index in [9.17, 15) is 4.79 Å². The molecule has 0 unspecified atom stereocenters. The van der Waals surface area contributed by atoms with Crippen LogP contribution < -0.4 is 11.1 Å². The molecule has 98 valence electrons. The van der Waals surface area contributed by atoms with Gasteiger partial charge in [-0.3, -0.25) is 4.79 Å². The molecule has 4 nitrogen and oxygen atoms in total. The van der Waals surface area contributed by atoms with Crippen LogP contribution in [0.15, 0.2) is 12.1 Å². The van der Waals surface area contributed by atoms with Crippen LogP contribution >= 0.6 is 11.6 Å². The fraction of sp³-hybridized carbons (Fsp3) is 0.462. The summed E-state index contributed by atoms with van der Waals surface area (Å²) in [6.45, 7) is 4.74. The highest BCUT2D eigenvalue weighted by atomic mass is 35.5. The molecule has 5 heteroatoms. The lowest BCUT2D eigenvalue weighted by Gasteiger charge is -2.37. The number of rotatable bonds is 3. The van der Waals surface area contributed by atoms with E-state index in [0.29, 0.717) is 23.9 Å². The number of amides is 1. The number of carbonyl (C=O) groups excluding carboxylic acids is 1. The Morgan fingerprint density at radius 1 is 1.50 bits per heavy atom. The van der Waals surface area contributed by atoms with Crippen molar-refractivity contribution < 1.29 is 9.53 Å². The molecule has 1 aromatic rings. The van der Waals surface area contributed by atoms with Crippen LogP contribution in [0.1, 0.15) is 17.5 Å². The molecule has 18 heavy (non-hydrogen) atoms. The van der Waals surface area contributed by atoms with Crippen molar-refractivity contribution in [3.05, 3.63) is 28.3 Å². The number of carbonyl (C=O) groups is 1. The summed E-state index contributed by atoms with van der Waals surface area (Å²) in [5, 5.41) is 3.38. The van der Waals surface area contributed by atoms with Crippen molar-refractivity contribution in [2.24, 2.45) is 5.73 Å². The van der Waals surface area contributed by atoms with Gasteiger partial charge in [-0.25, -0.2) is 0 Å². The summed E-state index contributed by atoms with van der Waals surface area (Å²) in [6.07, 6.45) is 0.247. The van der Waals surface area contributed by atoms with E-state index in [1.54, 1.807) is 0 Å². The third-order valence-corrected chi connectivity index (χ3v) is 3.29. The van der Waals surface area contributed by atoms with Gasteiger partial charge in [0.15, 0.2) is 0 Å². The second kappa shape index (κ2) is 4.88. The fourth-order valence-corrected chi connectivity index (χ4v) is 2.41. The standard InChI is InChI=1S/C13H17ClN2O2/c1-8-3-9(2)12(10(14)4-8)16-11(17)5-13(15)6-18-7-13/h3-4H,5-7,15H2,1-2H3,(H,16,17). The third-order valence-electron chi connectivity index (χ3n) is 2.99. The number of ether oxygens (including phenoxy) is 1. The van der Waals surface area contributed by atoms with Crippen molar-refractivity contribution in [1.29, 1.82) is 0 Å². The molecule has 0 spiro atoms. The van der Waals surface area contributed by atoms with Crippen LogP contribution in [0, 0.1) is 13.8 Å². The van der Waals surface area contributed by atoms with E-state index in [1.165, 1.54) is 0 Å². The first kappa shape index (κ1) is 13.3. The zero-order chi connectivity index (χ0) is 13.3. The number of anilines is 1. The molecule has 1 saturated heterocycles. The van der Waals surface area contributed by atoms with Gasteiger partial charge in [0, 0.05) is 6.42 Å². The predicted octanol–water partition coefficient (Wildman–Crippen LogP) is 2.01. The van der Waals surface area contributed by atoms with Crippen LogP contribution in [0.5, 0.6) is 0 Å². The van der Waals surface area contributed by atoms with E-state index in [1.807, 2.05) is 26.0 Å². The number of hydrogen-bond donors (Lipinski definition) is 2. The lowest BCUT2D eigenvalue weighted by molar-refractivity contribution is -0.123. The first-order valence-corrected chi connectivity index (χ1v) is 6.21. The Morgan fingerprint density at radius 3 is 2.67 bits per heavy atom. The van der Waals surface area contributed by atoms with Crippen molar-refractivity contribution in [3.63, 3.8) is 0 Å². The van der Waals surface area contributed by atoms with Crippen LogP contribution in [-0.4, -0.2) is 24.7 Å². The average Bonchev–Trinajstić information content (AvgIpc) is 2.21. The van der Waals surface area contributed by atoms with Crippen LogP contribution in [0.2, 0.25) is 5.02 Å². The quantitative estimate of drug-likeness (QED) is 0.881. The van der Waals surface area contributed by atoms with Crippen LogP contribution in [0.4, 0.5) is 5.69 Å². The molecule has 1 aliphatic rings. The Balaban J connectivity index is 2.07. The monoisotopic (exact) mass is 268 g/mol. The smallest absolute Gasteiger partial charge is 0.226 e. The highest BCUT2D eigenvalue weighted by molar-refractivity contribution is 6.34. The highest BCUT2D eigenvalue weighted by Gasteiger charge is 2.36. The molecule has 1 aliphatic heterocycles. The molecule has 0 aliphatic carbocycles. The molecule has 0 bridgehead atoms. The van der Waals surface area contributed by atoms with Gasteiger partial charge in [0.05, 0.1) is 29.5 Å². The summed E-state index contributed by atoms with van der Waals surface area (Å²) in [5.74, 6) is -0.130. The van der Waals surface area contributed by atoms with Gasteiger partial charge in [-0.1, -0.05) is 17.7 Å². The largest absolute Gasteiger partial charge is 0.377 e.